The Labute approximate surface area is 161 Å². The van der Waals surface area contributed by atoms with Crippen LogP contribution in [0.15, 0.2) is 18.2 Å². The van der Waals surface area contributed by atoms with E-state index in [1.807, 2.05) is 0 Å². The lowest BCUT2D eigenvalue weighted by molar-refractivity contribution is -0.385. The van der Waals surface area contributed by atoms with E-state index in [9.17, 15) is 14.9 Å². The summed E-state index contributed by atoms with van der Waals surface area (Å²) in [4.78, 5) is 27.3. The summed E-state index contributed by atoms with van der Waals surface area (Å²) in [6.07, 6.45) is 1.91. The molecular weight excluding hydrogens is 376 g/mol. The normalized spacial score (nSPS) is 14.3. The van der Waals surface area contributed by atoms with Gasteiger partial charge in [0.1, 0.15) is 0 Å². The summed E-state index contributed by atoms with van der Waals surface area (Å²) in [7, 11) is 3.03. The van der Waals surface area contributed by atoms with Crippen LogP contribution in [0, 0.1) is 10.1 Å². The number of methoxy groups -OCH3 is 1. The Morgan fingerprint density at radius 3 is 2.74 bits per heavy atom. The Morgan fingerprint density at radius 2 is 2.11 bits per heavy atom. The topological polar surface area (TPSA) is 124 Å². The second-order valence-corrected chi connectivity index (χ2v) is 6.04. The Kier molecular flexibility index (Phi) is 6.70. The molecule has 0 atom stereocenters. The zero-order chi connectivity index (χ0) is 18.7. The number of amides is 1. The SMILES string of the molecule is COc1cc(C(=O)Nc2nc(C3CCNCC3)nn2C)ccc1[N+](=O)[O-].Cl. The predicted molar refractivity (Wildman–Crippen MR) is 101 cm³/mol. The number of hydrogen-bond donors (Lipinski definition) is 2. The molecule has 10 nitrogen and oxygen atoms in total. The number of nitrogens with one attached hydrogen (secondary N) is 2. The van der Waals surface area contributed by atoms with E-state index in [0.29, 0.717) is 11.8 Å². The third-order valence-corrected chi connectivity index (χ3v) is 4.35. The van der Waals surface area contributed by atoms with Gasteiger partial charge in [0, 0.05) is 30.7 Å². The molecule has 0 bridgehead atoms. The predicted octanol–water partition coefficient (Wildman–Crippen LogP) is 1.87. The largest absolute Gasteiger partial charge is 0.490 e. The number of nitrogens with zero attached hydrogens (tertiary/aromatic N) is 4. The maximum absolute atomic E-state index is 12.5. The molecule has 3 rings (SSSR count). The third kappa shape index (κ3) is 4.52. The number of hydrogen-bond acceptors (Lipinski definition) is 7. The number of benzene rings is 1. The average molecular weight is 397 g/mol. The molecule has 146 valence electrons. The van der Waals surface area contributed by atoms with E-state index in [0.717, 1.165) is 25.9 Å². The van der Waals surface area contributed by atoms with Gasteiger partial charge in [-0.15, -0.1) is 12.4 Å². The van der Waals surface area contributed by atoms with Crippen molar-refractivity contribution < 1.29 is 14.5 Å². The van der Waals surface area contributed by atoms with E-state index in [4.69, 9.17) is 4.74 Å². The molecule has 11 heteroatoms. The molecule has 0 spiro atoms. The van der Waals surface area contributed by atoms with Crippen LogP contribution in [0.3, 0.4) is 0 Å². The lowest BCUT2D eigenvalue weighted by atomic mass is 9.98. The summed E-state index contributed by atoms with van der Waals surface area (Å²) in [6.45, 7) is 1.85. The number of ether oxygens (including phenoxy) is 1. The maximum atomic E-state index is 12.5. The Hall–Kier alpha value is -2.72. The van der Waals surface area contributed by atoms with Gasteiger partial charge in [0.15, 0.2) is 11.6 Å². The number of halogens is 1. The van der Waals surface area contributed by atoms with E-state index in [-0.39, 0.29) is 35.3 Å². The molecule has 0 aliphatic carbocycles. The monoisotopic (exact) mass is 396 g/mol. The van der Waals surface area contributed by atoms with Crippen molar-refractivity contribution in [1.82, 2.24) is 20.1 Å². The van der Waals surface area contributed by atoms with Gasteiger partial charge in [0.25, 0.3) is 5.91 Å². The smallest absolute Gasteiger partial charge is 0.310 e. The molecule has 0 radical (unpaired) electrons. The number of aryl methyl sites for hydroxylation is 1. The van der Waals surface area contributed by atoms with E-state index in [2.05, 4.69) is 20.7 Å². The number of nitro benzene ring substituents is 1. The number of piperidine rings is 1. The third-order valence-electron chi connectivity index (χ3n) is 4.35. The molecule has 0 saturated carbocycles. The Balaban J connectivity index is 0.00000261. The fraction of sp³-hybridized carbons (Fsp3) is 0.438. The van der Waals surface area contributed by atoms with Crippen molar-refractivity contribution in [2.24, 2.45) is 7.05 Å². The van der Waals surface area contributed by atoms with Crippen molar-refractivity contribution >= 4 is 29.9 Å². The summed E-state index contributed by atoms with van der Waals surface area (Å²) in [5.74, 6) is 0.903. The van der Waals surface area contributed by atoms with E-state index in [1.165, 1.54) is 30.0 Å². The molecule has 1 saturated heterocycles. The number of rotatable bonds is 5. The quantitative estimate of drug-likeness (QED) is 0.583. The molecule has 1 fully saturated rings. The van der Waals surface area contributed by atoms with Gasteiger partial charge < -0.3 is 10.1 Å². The minimum Gasteiger partial charge on any atom is -0.490 e. The molecule has 1 aliphatic rings. The highest BCUT2D eigenvalue weighted by atomic mass is 35.5. The molecule has 1 aromatic carbocycles. The first-order valence-electron chi connectivity index (χ1n) is 8.25. The average Bonchev–Trinajstić information content (AvgIpc) is 3.02. The minimum absolute atomic E-state index is 0. The number of carbonyl (C=O) groups is 1. The zero-order valence-corrected chi connectivity index (χ0v) is 15.8. The van der Waals surface area contributed by atoms with E-state index < -0.39 is 10.8 Å². The summed E-state index contributed by atoms with van der Waals surface area (Å²) >= 11 is 0. The van der Waals surface area contributed by atoms with Gasteiger partial charge in [0.2, 0.25) is 5.95 Å². The lowest BCUT2D eigenvalue weighted by Gasteiger charge is -2.19. The van der Waals surface area contributed by atoms with Crippen LogP contribution in [0.2, 0.25) is 0 Å². The van der Waals surface area contributed by atoms with Crippen molar-refractivity contribution in [3.05, 3.63) is 39.7 Å². The van der Waals surface area contributed by atoms with Crippen molar-refractivity contribution in [1.29, 1.82) is 0 Å². The van der Waals surface area contributed by atoms with Crippen LogP contribution in [-0.2, 0) is 7.05 Å². The van der Waals surface area contributed by atoms with Crippen LogP contribution in [0.5, 0.6) is 5.75 Å². The zero-order valence-electron chi connectivity index (χ0n) is 15.0. The second-order valence-electron chi connectivity index (χ2n) is 6.04. The first kappa shape index (κ1) is 20.6. The van der Waals surface area contributed by atoms with E-state index in [1.54, 1.807) is 7.05 Å². The van der Waals surface area contributed by atoms with Crippen molar-refractivity contribution in [3.63, 3.8) is 0 Å². The first-order valence-corrected chi connectivity index (χ1v) is 8.25. The van der Waals surface area contributed by atoms with Gasteiger partial charge in [0.05, 0.1) is 12.0 Å². The molecule has 1 amide bonds. The lowest BCUT2D eigenvalue weighted by Crippen LogP contribution is -2.27. The van der Waals surface area contributed by atoms with Crippen molar-refractivity contribution in [2.45, 2.75) is 18.8 Å². The summed E-state index contributed by atoms with van der Waals surface area (Å²) in [5, 5.41) is 21.3. The highest BCUT2D eigenvalue weighted by molar-refractivity contribution is 6.03. The summed E-state index contributed by atoms with van der Waals surface area (Å²) in [5.41, 5.74) is 0.0368. The Bertz CT molecular complexity index is 834. The van der Waals surface area contributed by atoms with Crippen LogP contribution < -0.4 is 15.4 Å². The summed E-state index contributed by atoms with van der Waals surface area (Å²) < 4.78 is 6.52. The molecule has 2 aromatic rings. The fourth-order valence-corrected chi connectivity index (χ4v) is 2.91. The van der Waals surface area contributed by atoms with Crippen molar-refractivity contribution in [2.75, 3.05) is 25.5 Å². The van der Waals surface area contributed by atoms with Gasteiger partial charge >= 0.3 is 5.69 Å². The number of aromatic nitrogens is 3. The van der Waals surface area contributed by atoms with Gasteiger partial charge in [-0.25, -0.2) is 4.68 Å². The number of anilines is 1. The molecular formula is C16H21ClN6O4. The van der Waals surface area contributed by atoms with Gasteiger partial charge in [-0.05, 0) is 32.0 Å². The van der Waals surface area contributed by atoms with Crippen LogP contribution in [-0.4, -0.2) is 45.8 Å². The van der Waals surface area contributed by atoms with Gasteiger partial charge in [-0.2, -0.15) is 10.1 Å². The molecule has 2 N–H and O–H groups in total. The van der Waals surface area contributed by atoms with Crippen LogP contribution in [0.25, 0.3) is 0 Å². The van der Waals surface area contributed by atoms with Gasteiger partial charge in [-0.1, -0.05) is 0 Å². The van der Waals surface area contributed by atoms with Crippen LogP contribution in [0.1, 0.15) is 34.9 Å². The van der Waals surface area contributed by atoms with E-state index >= 15 is 0 Å². The number of carbonyl (C=O) groups excluding carboxylic acids is 1. The summed E-state index contributed by atoms with van der Waals surface area (Å²) in [6, 6.07) is 3.95. The van der Waals surface area contributed by atoms with Gasteiger partial charge in [-0.3, -0.25) is 20.2 Å². The molecule has 27 heavy (non-hydrogen) atoms. The highest BCUT2D eigenvalue weighted by Gasteiger charge is 2.22. The minimum atomic E-state index is -0.561. The molecule has 1 aliphatic heterocycles. The van der Waals surface area contributed by atoms with Crippen LogP contribution in [0.4, 0.5) is 11.6 Å². The first-order chi connectivity index (χ1) is 12.5. The highest BCUT2D eigenvalue weighted by Crippen LogP contribution is 2.28. The maximum Gasteiger partial charge on any atom is 0.310 e. The van der Waals surface area contributed by atoms with Crippen molar-refractivity contribution in [3.8, 4) is 5.75 Å². The molecule has 2 heterocycles. The fourth-order valence-electron chi connectivity index (χ4n) is 2.91. The Morgan fingerprint density at radius 1 is 1.41 bits per heavy atom. The molecule has 0 unspecified atom stereocenters. The van der Waals surface area contributed by atoms with Crippen LogP contribution >= 0.6 is 12.4 Å². The standard InChI is InChI=1S/C16H20N6O4.ClH/c1-21-16(18-14(20-21)10-5-7-17-8-6-10)19-15(23)11-3-4-12(22(24)25)13(9-11)26-2;/h3-4,9-10,17H,5-8H2,1-2H3,(H,18,19,20,23);1H. The molecule has 1 aromatic heterocycles. The number of nitro groups is 1. The second kappa shape index (κ2) is 8.78.